The molecule has 112 valence electrons. The van der Waals surface area contributed by atoms with E-state index < -0.39 is 0 Å². The van der Waals surface area contributed by atoms with E-state index >= 15 is 0 Å². The van der Waals surface area contributed by atoms with Crippen molar-refractivity contribution in [2.45, 2.75) is 13.5 Å². The number of nitrogens with zero attached hydrogens (tertiary/aromatic N) is 4. The first kappa shape index (κ1) is 13.9. The van der Waals surface area contributed by atoms with Gasteiger partial charge in [-0.05, 0) is 30.7 Å². The first-order valence-electron chi connectivity index (χ1n) is 7.27. The number of hydrogen-bond donors (Lipinski definition) is 1. The molecular weight excluding hydrogens is 266 g/mol. The van der Waals surface area contributed by atoms with Gasteiger partial charge in [0.1, 0.15) is 18.1 Å². The molecule has 1 aliphatic heterocycles. The standard InChI is InChI=1S/C15H21N5O/c1-12-9-14(20-7-5-16-6-8-20)3-4-15(12)21-11-13-10-19(2)18-17-13/h3-4,9-10,16H,5-8,11H2,1-2H3. The average molecular weight is 287 g/mol. The van der Waals surface area contributed by atoms with Gasteiger partial charge in [0.15, 0.2) is 0 Å². The van der Waals surface area contributed by atoms with E-state index in [1.54, 1.807) is 4.68 Å². The Hall–Kier alpha value is -2.08. The maximum Gasteiger partial charge on any atom is 0.134 e. The largest absolute Gasteiger partial charge is 0.487 e. The Morgan fingerprint density at radius 1 is 1.29 bits per heavy atom. The molecule has 0 spiro atoms. The van der Waals surface area contributed by atoms with Crippen LogP contribution in [0.3, 0.4) is 0 Å². The molecule has 0 aliphatic carbocycles. The molecule has 1 aliphatic rings. The van der Waals surface area contributed by atoms with E-state index in [0.717, 1.165) is 43.2 Å². The molecule has 21 heavy (non-hydrogen) atoms. The first-order valence-corrected chi connectivity index (χ1v) is 7.27. The van der Waals surface area contributed by atoms with Crippen molar-refractivity contribution < 1.29 is 4.74 Å². The Kier molecular flexibility index (Phi) is 4.06. The lowest BCUT2D eigenvalue weighted by Crippen LogP contribution is -2.43. The Morgan fingerprint density at radius 3 is 2.76 bits per heavy atom. The van der Waals surface area contributed by atoms with Crippen LogP contribution < -0.4 is 15.0 Å². The Morgan fingerprint density at radius 2 is 2.10 bits per heavy atom. The third-order valence-corrected chi connectivity index (χ3v) is 3.67. The zero-order chi connectivity index (χ0) is 14.7. The van der Waals surface area contributed by atoms with E-state index in [1.165, 1.54) is 5.69 Å². The molecule has 0 saturated carbocycles. The number of rotatable bonds is 4. The Bertz CT molecular complexity index is 604. The average Bonchev–Trinajstić information content (AvgIpc) is 2.92. The molecule has 6 nitrogen and oxygen atoms in total. The molecule has 1 fully saturated rings. The molecule has 0 atom stereocenters. The highest BCUT2D eigenvalue weighted by atomic mass is 16.5. The van der Waals surface area contributed by atoms with Crippen molar-refractivity contribution in [1.82, 2.24) is 20.3 Å². The highest BCUT2D eigenvalue weighted by Crippen LogP contribution is 2.25. The van der Waals surface area contributed by atoms with Gasteiger partial charge in [-0.3, -0.25) is 4.68 Å². The van der Waals surface area contributed by atoms with Gasteiger partial charge in [-0.1, -0.05) is 5.21 Å². The number of ether oxygens (including phenoxy) is 1. The molecule has 1 N–H and O–H groups in total. The van der Waals surface area contributed by atoms with Crippen molar-refractivity contribution in [3.8, 4) is 5.75 Å². The summed E-state index contributed by atoms with van der Waals surface area (Å²) in [5.41, 5.74) is 3.25. The molecular formula is C15H21N5O. The van der Waals surface area contributed by atoms with Crippen LogP contribution in [0.5, 0.6) is 5.75 Å². The first-order chi connectivity index (χ1) is 10.2. The predicted octanol–water partition coefficient (Wildman–Crippen LogP) is 1.11. The van der Waals surface area contributed by atoms with E-state index in [4.69, 9.17) is 4.74 Å². The molecule has 0 bridgehead atoms. The second-order valence-electron chi connectivity index (χ2n) is 5.36. The molecule has 0 radical (unpaired) electrons. The lowest BCUT2D eigenvalue weighted by molar-refractivity contribution is 0.299. The zero-order valence-corrected chi connectivity index (χ0v) is 12.5. The summed E-state index contributed by atoms with van der Waals surface area (Å²) in [6, 6.07) is 6.37. The molecule has 2 aromatic rings. The van der Waals surface area contributed by atoms with Crippen LogP contribution in [0, 0.1) is 6.92 Å². The fraction of sp³-hybridized carbons (Fsp3) is 0.467. The van der Waals surface area contributed by atoms with E-state index in [1.807, 2.05) is 19.3 Å². The van der Waals surface area contributed by atoms with E-state index in [0.29, 0.717) is 6.61 Å². The van der Waals surface area contributed by atoms with Crippen LogP contribution in [0.4, 0.5) is 5.69 Å². The number of nitrogens with one attached hydrogen (secondary N) is 1. The summed E-state index contributed by atoms with van der Waals surface area (Å²) in [7, 11) is 1.85. The molecule has 3 rings (SSSR count). The molecule has 0 amide bonds. The van der Waals surface area contributed by atoms with Gasteiger partial charge in [0.2, 0.25) is 0 Å². The van der Waals surface area contributed by atoms with Gasteiger partial charge < -0.3 is 15.0 Å². The van der Waals surface area contributed by atoms with E-state index in [9.17, 15) is 0 Å². The summed E-state index contributed by atoms with van der Waals surface area (Å²) < 4.78 is 7.51. The van der Waals surface area contributed by atoms with Crippen molar-refractivity contribution in [3.63, 3.8) is 0 Å². The van der Waals surface area contributed by atoms with Crippen LogP contribution >= 0.6 is 0 Å². The number of aryl methyl sites for hydroxylation is 2. The summed E-state index contributed by atoms with van der Waals surface area (Å²) in [5.74, 6) is 0.902. The van der Waals surface area contributed by atoms with Crippen molar-refractivity contribution in [1.29, 1.82) is 0 Å². The lowest BCUT2D eigenvalue weighted by atomic mass is 10.1. The summed E-state index contributed by atoms with van der Waals surface area (Å²) in [6.07, 6.45) is 1.87. The van der Waals surface area contributed by atoms with Crippen LogP contribution in [-0.2, 0) is 13.7 Å². The Balaban J connectivity index is 1.66. The zero-order valence-electron chi connectivity index (χ0n) is 12.5. The second kappa shape index (κ2) is 6.13. The summed E-state index contributed by atoms with van der Waals surface area (Å²) in [4.78, 5) is 2.40. The number of anilines is 1. The smallest absolute Gasteiger partial charge is 0.134 e. The summed E-state index contributed by atoms with van der Waals surface area (Å²) in [5, 5.41) is 11.3. The summed E-state index contributed by atoms with van der Waals surface area (Å²) >= 11 is 0. The predicted molar refractivity (Wildman–Crippen MR) is 81.6 cm³/mol. The van der Waals surface area contributed by atoms with Crippen molar-refractivity contribution in [2.75, 3.05) is 31.1 Å². The second-order valence-corrected chi connectivity index (χ2v) is 5.36. The van der Waals surface area contributed by atoms with Crippen molar-refractivity contribution >= 4 is 5.69 Å². The van der Waals surface area contributed by atoms with Crippen molar-refractivity contribution in [3.05, 3.63) is 35.7 Å². The molecule has 1 aromatic carbocycles. The maximum atomic E-state index is 5.83. The number of piperazine rings is 1. The minimum absolute atomic E-state index is 0.446. The van der Waals surface area contributed by atoms with Gasteiger partial charge in [0.25, 0.3) is 0 Å². The highest BCUT2D eigenvalue weighted by Gasteiger charge is 2.12. The van der Waals surface area contributed by atoms with E-state index in [2.05, 4.69) is 39.6 Å². The molecule has 6 heteroatoms. The molecule has 1 aromatic heterocycles. The van der Waals surface area contributed by atoms with Gasteiger partial charge in [-0.25, -0.2) is 0 Å². The van der Waals surface area contributed by atoms with Gasteiger partial charge in [0.05, 0.1) is 6.20 Å². The normalized spacial score (nSPS) is 15.2. The van der Waals surface area contributed by atoms with E-state index in [-0.39, 0.29) is 0 Å². The van der Waals surface area contributed by atoms with Gasteiger partial charge >= 0.3 is 0 Å². The van der Waals surface area contributed by atoms with Crippen LogP contribution in [0.1, 0.15) is 11.3 Å². The molecule has 2 heterocycles. The lowest BCUT2D eigenvalue weighted by Gasteiger charge is -2.29. The van der Waals surface area contributed by atoms with Crippen molar-refractivity contribution in [2.24, 2.45) is 7.05 Å². The highest BCUT2D eigenvalue weighted by molar-refractivity contribution is 5.53. The van der Waals surface area contributed by atoms with Gasteiger partial charge in [0, 0.05) is 38.9 Å². The molecule has 1 saturated heterocycles. The third kappa shape index (κ3) is 3.33. The minimum atomic E-state index is 0.446. The monoisotopic (exact) mass is 287 g/mol. The maximum absolute atomic E-state index is 5.83. The fourth-order valence-corrected chi connectivity index (χ4v) is 2.53. The fourth-order valence-electron chi connectivity index (χ4n) is 2.53. The minimum Gasteiger partial charge on any atom is -0.487 e. The topological polar surface area (TPSA) is 55.2 Å². The quantitative estimate of drug-likeness (QED) is 0.913. The Labute approximate surface area is 124 Å². The van der Waals surface area contributed by atoms with Crippen LogP contribution in [0.25, 0.3) is 0 Å². The van der Waals surface area contributed by atoms with Gasteiger partial charge in [-0.15, -0.1) is 5.10 Å². The van der Waals surface area contributed by atoms with Crippen LogP contribution in [0.2, 0.25) is 0 Å². The number of hydrogen-bond acceptors (Lipinski definition) is 5. The third-order valence-electron chi connectivity index (χ3n) is 3.67. The molecule has 0 unspecified atom stereocenters. The van der Waals surface area contributed by atoms with Gasteiger partial charge in [-0.2, -0.15) is 0 Å². The SMILES string of the molecule is Cc1cc(N2CCNCC2)ccc1OCc1cn(C)nn1. The van der Waals surface area contributed by atoms with Crippen LogP contribution in [0.15, 0.2) is 24.4 Å². The van der Waals surface area contributed by atoms with Crippen LogP contribution in [-0.4, -0.2) is 41.2 Å². The number of aromatic nitrogens is 3. The summed E-state index contributed by atoms with van der Waals surface area (Å²) in [6.45, 7) is 6.73. The number of benzene rings is 1.